The zero-order valence-corrected chi connectivity index (χ0v) is 13.4. The van der Waals surface area contributed by atoms with Gasteiger partial charge in [0.1, 0.15) is 11.3 Å². The molecule has 0 fully saturated rings. The van der Waals surface area contributed by atoms with Gasteiger partial charge in [0.25, 0.3) is 5.56 Å². The first-order chi connectivity index (χ1) is 11.5. The van der Waals surface area contributed by atoms with Gasteiger partial charge in [-0.3, -0.25) is 9.59 Å². The minimum atomic E-state index is -0.993. The molecule has 3 rings (SSSR count). The number of rotatable bonds is 5. The molecule has 8 nitrogen and oxygen atoms in total. The molecule has 1 aromatic rings. The molecule has 1 atom stereocenters. The van der Waals surface area contributed by atoms with Gasteiger partial charge in [0.15, 0.2) is 0 Å². The number of aliphatic carboxylic acids is 1. The van der Waals surface area contributed by atoms with Crippen molar-refractivity contribution in [1.29, 1.82) is 0 Å². The normalized spacial score (nSPS) is 12.2. The van der Waals surface area contributed by atoms with Crippen molar-refractivity contribution in [2.45, 2.75) is 12.5 Å². The lowest BCUT2D eigenvalue weighted by Gasteiger charge is -2.20. The van der Waals surface area contributed by atoms with Gasteiger partial charge in [-0.05, 0) is 22.4 Å². The van der Waals surface area contributed by atoms with Crippen LogP contribution in [0.2, 0.25) is 0 Å². The van der Waals surface area contributed by atoms with Gasteiger partial charge in [0, 0.05) is 12.4 Å². The molecule has 0 unspecified atom stereocenters. The highest BCUT2D eigenvalue weighted by Gasteiger charge is 2.25. The molecule has 0 saturated heterocycles. The first-order valence-electron chi connectivity index (χ1n) is 6.93. The summed E-state index contributed by atoms with van der Waals surface area (Å²) in [5, 5.41) is 19.0. The lowest BCUT2D eigenvalue weighted by molar-refractivity contribution is -0.137. The monoisotopic (exact) mass is 347 g/mol. The second-order valence-corrected chi connectivity index (χ2v) is 5.88. The van der Waals surface area contributed by atoms with Crippen molar-refractivity contribution < 1.29 is 19.4 Å². The van der Waals surface area contributed by atoms with Gasteiger partial charge in [-0.15, -0.1) is 0 Å². The average molecular weight is 347 g/mol. The topological polar surface area (TPSA) is 114 Å². The molecule has 9 heteroatoms. The summed E-state index contributed by atoms with van der Waals surface area (Å²) < 4.78 is 6.28. The molecule has 0 aromatic carbocycles. The summed E-state index contributed by atoms with van der Waals surface area (Å²) in [6.45, 7) is 0. The standard InChI is InChI=1S/C15H13N3O5S/c1-23-15(22)10-6-18(5-9-13(10)16-17-14(9)21)11(4-12(19)20)8-2-3-24-7-8/h2-3,5-7,11H,4H2,1H3,(H,17,21)(H,19,20)/t11-/m0/s1. The Labute approximate surface area is 139 Å². The molecule has 2 N–H and O–H groups in total. The third-order valence-electron chi connectivity index (χ3n) is 3.64. The number of thiophene rings is 1. The van der Waals surface area contributed by atoms with E-state index in [-0.39, 0.29) is 23.2 Å². The number of esters is 1. The lowest BCUT2D eigenvalue weighted by Crippen LogP contribution is -2.18. The number of aromatic amines is 1. The summed E-state index contributed by atoms with van der Waals surface area (Å²) in [5.74, 6) is -1.65. The summed E-state index contributed by atoms with van der Waals surface area (Å²) in [6.07, 6.45) is 2.76. The highest BCUT2D eigenvalue weighted by Crippen LogP contribution is 2.28. The minimum Gasteiger partial charge on any atom is -0.481 e. The van der Waals surface area contributed by atoms with Crippen LogP contribution < -0.4 is 5.56 Å². The molecule has 1 aromatic heterocycles. The number of fused-ring (bicyclic) bond motifs is 1. The molecule has 0 aliphatic carbocycles. The second-order valence-electron chi connectivity index (χ2n) is 5.10. The summed E-state index contributed by atoms with van der Waals surface area (Å²) in [5.41, 5.74) is 0.812. The molecule has 2 aliphatic heterocycles. The Morgan fingerprint density at radius 1 is 1.46 bits per heavy atom. The van der Waals surface area contributed by atoms with Gasteiger partial charge in [0.05, 0.1) is 25.1 Å². The van der Waals surface area contributed by atoms with E-state index in [1.807, 2.05) is 10.8 Å². The van der Waals surface area contributed by atoms with Crippen LogP contribution in [0.15, 0.2) is 34.0 Å². The maximum absolute atomic E-state index is 12.0. The van der Waals surface area contributed by atoms with Crippen molar-refractivity contribution in [2.24, 2.45) is 0 Å². The number of hydrogen-bond donors (Lipinski definition) is 2. The molecule has 3 heterocycles. The van der Waals surface area contributed by atoms with Crippen molar-refractivity contribution in [3.8, 4) is 11.3 Å². The summed E-state index contributed by atoms with van der Waals surface area (Å²) >= 11 is 1.43. The quantitative estimate of drug-likeness (QED) is 0.677. The fourth-order valence-electron chi connectivity index (χ4n) is 2.52. The van der Waals surface area contributed by atoms with Crippen molar-refractivity contribution in [3.05, 3.63) is 50.7 Å². The smallest absolute Gasteiger partial charge is 0.341 e. The molecule has 124 valence electrons. The van der Waals surface area contributed by atoms with Gasteiger partial charge in [0.2, 0.25) is 0 Å². The van der Waals surface area contributed by atoms with Crippen molar-refractivity contribution in [2.75, 3.05) is 7.11 Å². The van der Waals surface area contributed by atoms with Gasteiger partial charge in [-0.25, -0.2) is 9.89 Å². The number of nitrogens with one attached hydrogen (secondary N) is 1. The molecule has 0 saturated carbocycles. The third kappa shape index (κ3) is 2.81. The van der Waals surface area contributed by atoms with E-state index >= 15 is 0 Å². The molecule has 24 heavy (non-hydrogen) atoms. The van der Waals surface area contributed by atoms with Crippen LogP contribution in [0.25, 0.3) is 11.3 Å². The average Bonchev–Trinajstić information content (AvgIpc) is 3.21. The number of carbonyl (C=O) groups is 2. The van der Waals surface area contributed by atoms with Gasteiger partial charge < -0.3 is 14.4 Å². The van der Waals surface area contributed by atoms with E-state index in [1.165, 1.54) is 30.8 Å². The predicted molar refractivity (Wildman–Crippen MR) is 85.5 cm³/mol. The number of methoxy groups -OCH3 is 1. The molecule has 0 spiro atoms. The Kier molecular flexibility index (Phi) is 4.17. The first kappa shape index (κ1) is 15.9. The Bertz CT molecular complexity index is 912. The maximum Gasteiger partial charge on any atom is 0.341 e. The number of aromatic nitrogens is 3. The summed E-state index contributed by atoms with van der Waals surface area (Å²) in [6, 6.07) is 1.25. The zero-order chi connectivity index (χ0) is 17.3. The Morgan fingerprint density at radius 3 is 2.88 bits per heavy atom. The summed E-state index contributed by atoms with van der Waals surface area (Å²) in [4.78, 5) is 35.2. The van der Waals surface area contributed by atoms with Gasteiger partial charge in [-0.1, -0.05) is 0 Å². The van der Waals surface area contributed by atoms with E-state index in [2.05, 4.69) is 10.2 Å². The van der Waals surface area contributed by atoms with Gasteiger partial charge in [-0.2, -0.15) is 16.4 Å². The zero-order valence-electron chi connectivity index (χ0n) is 12.6. The number of ether oxygens (including phenoxy) is 1. The van der Waals surface area contributed by atoms with Crippen LogP contribution in [0.1, 0.15) is 28.4 Å². The Hall–Kier alpha value is -2.94. The fourth-order valence-corrected chi connectivity index (χ4v) is 3.23. The number of carboxylic acid groups (broad SMARTS) is 1. The van der Waals surface area contributed by atoms with E-state index < -0.39 is 23.5 Å². The van der Waals surface area contributed by atoms with Crippen LogP contribution in [-0.4, -0.2) is 38.9 Å². The van der Waals surface area contributed by atoms with Crippen LogP contribution >= 0.6 is 11.3 Å². The minimum absolute atomic E-state index is 0.0963. The third-order valence-corrected chi connectivity index (χ3v) is 4.34. The van der Waals surface area contributed by atoms with Crippen molar-refractivity contribution in [3.63, 3.8) is 0 Å². The number of carbonyl (C=O) groups excluding carboxylic acids is 1. The molecule has 0 bridgehead atoms. The van der Waals surface area contributed by atoms with Crippen LogP contribution in [0.5, 0.6) is 0 Å². The molecule has 0 radical (unpaired) electrons. The number of nitrogens with zero attached hydrogens (tertiary/aromatic N) is 2. The number of carboxylic acids is 1. The van der Waals surface area contributed by atoms with E-state index in [1.54, 1.807) is 10.6 Å². The van der Waals surface area contributed by atoms with Crippen molar-refractivity contribution >= 4 is 23.3 Å². The fraction of sp³-hybridized carbons (Fsp3) is 0.200. The lowest BCUT2D eigenvalue weighted by atomic mass is 10.0. The van der Waals surface area contributed by atoms with Crippen LogP contribution in [-0.2, 0) is 9.53 Å². The Morgan fingerprint density at radius 2 is 2.25 bits per heavy atom. The van der Waals surface area contributed by atoms with E-state index in [9.17, 15) is 19.5 Å². The maximum atomic E-state index is 12.0. The molecular formula is C15H13N3O5S. The summed E-state index contributed by atoms with van der Waals surface area (Å²) in [7, 11) is 1.23. The molecule has 0 amide bonds. The predicted octanol–water partition coefficient (Wildman–Crippen LogP) is 1.59. The van der Waals surface area contributed by atoms with Crippen LogP contribution in [0, 0.1) is 0 Å². The van der Waals surface area contributed by atoms with Crippen LogP contribution in [0.3, 0.4) is 0 Å². The van der Waals surface area contributed by atoms with E-state index in [0.717, 1.165) is 5.56 Å². The van der Waals surface area contributed by atoms with E-state index in [4.69, 9.17) is 4.74 Å². The van der Waals surface area contributed by atoms with Crippen molar-refractivity contribution in [1.82, 2.24) is 14.8 Å². The number of pyridine rings is 1. The Balaban J connectivity index is 2.21. The number of hydrogen-bond acceptors (Lipinski definition) is 6. The highest BCUT2D eigenvalue weighted by atomic mass is 32.1. The van der Waals surface area contributed by atoms with E-state index in [0.29, 0.717) is 0 Å². The SMILES string of the molecule is COC(=O)c1cn([C@@H](CC(=O)O)c2ccsc2)cc2c(=O)[nH]nc1-2. The molecule has 2 aliphatic rings. The second kappa shape index (κ2) is 6.28. The highest BCUT2D eigenvalue weighted by molar-refractivity contribution is 7.08. The number of H-pyrrole nitrogens is 1. The first-order valence-corrected chi connectivity index (χ1v) is 7.87. The largest absolute Gasteiger partial charge is 0.481 e. The van der Waals surface area contributed by atoms with Gasteiger partial charge >= 0.3 is 11.9 Å². The molecular weight excluding hydrogens is 334 g/mol. The van der Waals surface area contributed by atoms with Crippen LogP contribution in [0.4, 0.5) is 0 Å².